The van der Waals surface area contributed by atoms with Gasteiger partial charge in [-0.2, -0.15) is 0 Å². The average molecular weight is 541 g/mol. The molecule has 0 unspecified atom stereocenters. The van der Waals surface area contributed by atoms with Gasteiger partial charge in [0.05, 0.1) is 0 Å². The second-order valence-corrected chi connectivity index (χ2v) is 10.3. The number of halogens is 1. The highest BCUT2D eigenvalue weighted by Crippen LogP contribution is 2.36. The molecule has 4 aromatic rings. The first-order valence-corrected chi connectivity index (χ1v) is 13.0. The number of nitrogens with zero attached hydrogens (tertiary/aromatic N) is 1. The number of fused-ring (bicyclic) bond motifs is 1. The number of ether oxygens (including phenoxy) is 2. The lowest BCUT2D eigenvalue weighted by Gasteiger charge is -2.21. The highest BCUT2D eigenvalue weighted by molar-refractivity contribution is 9.10. The second kappa shape index (κ2) is 11.2. The van der Waals surface area contributed by atoms with Crippen LogP contribution in [0.25, 0.3) is 5.57 Å². The van der Waals surface area contributed by atoms with E-state index in [4.69, 9.17) is 9.47 Å². The molecule has 0 aromatic heterocycles. The summed E-state index contributed by atoms with van der Waals surface area (Å²) in [7, 11) is 0. The van der Waals surface area contributed by atoms with Crippen LogP contribution in [0.4, 0.5) is 0 Å². The molecule has 0 atom stereocenters. The second-order valence-electron chi connectivity index (χ2n) is 9.34. The molecule has 0 saturated carbocycles. The summed E-state index contributed by atoms with van der Waals surface area (Å²) in [5.41, 5.74) is 8.16. The Hall–Kier alpha value is -3.34. The van der Waals surface area contributed by atoms with E-state index in [2.05, 4.69) is 75.9 Å². The van der Waals surface area contributed by atoms with Crippen molar-refractivity contribution in [1.29, 1.82) is 0 Å². The summed E-state index contributed by atoms with van der Waals surface area (Å²) in [5.74, 6) is 1.65. The van der Waals surface area contributed by atoms with Gasteiger partial charge in [-0.3, -0.25) is 4.90 Å². The Morgan fingerprint density at radius 3 is 2.03 bits per heavy atom. The highest BCUT2D eigenvalue weighted by Gasteiger charge is 2.22. The summed E-state index contributed by atoms with van der Waals surface area (Å²) in [6.07, 6.45) is 0. The molecule has 1 heterocycles. The van der Waals surface area contributed by atoms with E-state index in [0.717, 1.165) is 63.4 Å². The summed E-state index contributed by atoms with van der Waals surface area (Å²) in [6, 6.07) is 31.3. The van der Waals surface area contributed by atoms with Crippen LogP contribution < -0.4 is 9.47 Å². The normalized spacial score (nSPS) is 12.8. The Labute approximate surface area is 222 Å². The number of hydrogen-bond donors (Lipinski definition) is 0. The van der Waals surface area contributed by atoms with Crippen molar-refractivity contribution in [1.82, 2.24) is 4.90 Å². The first-order valence-electron chi connectivity index (χ1n) is 12.2. The number of allylic oxidation sites excluding steroid dienone is 1. The van der Waals surface area contributed by atoms with Gasteiger partial charge in [-0.25, -0.2) is 0 Å². The Morgan fingerprint density at radius 2 is 1.39 bits per heavy atom. The summed E-state index contributed by atoms with van der Waals surface area (Å²) in [4.78, 5) is 2.45. The van der Waals surface area contributed by atoms with E-state index >= 15 is 0 Å². The van der Waals surface area contributed by atoms with E-state index in [1.807, 2.05) is 49.4 Å². The fourth-order valence-electron chi connectivity index (χ4n) is 4.57. The van der Waals surface area contributed by atoms with Gasteiger partial charge >= 0.3 is 0 Å². The predicted molar refractivity (Wildman–Crippen MR) is 150 cm³/mol. The first-order chi connectivity index (χ1) is 17.5. The van der Waals surface area contributed by atoms with Crippen LogP contribution in [0.3, 0.4) is 0 Å². The molecule has 0 radical (unpaired) electrons. The van der Waals surface area contributed by atoms with Gasteiger partial charge in [0.15, 0.2) is 0 Å². The smallest absolute Gasteiger partial charge is 0.130 e. The van der Waals surface area contributed by atoms with Crippen molar-refractivity contribution in [3.63, 3.8) is 0 Å². The van der Waals surface area contributed by atoms with Gasteiger partial charge in [-0.15, -0.1) is 0 Å². The van der Waals surface area contributed by atoms with Crippen LogP contribution in [0.15, 0.2) is 102 Å². The van der Waals surface area contributed by atoms with Crippen LogP contribution >= 0.6 is 15.9 Å². The fourth-order valence-corrected chi connectivity index (χ4v) is 4.98. The molecule has 0 spiro atoms. The lowest BCUT2D eigenvalue weighted by Crippen LogP contribution is -2.17. The molecule has 1 aliphatic heterocycles. The van der Waals surface area contributed by atoms with Gasteiger partial charge in [0.2, 0.25) is 0 Å². The molecule has 0 saturated heterocycles. The van der Waals surface area contributed by atoms with Crippen LogP contribution in [0.2, 0.25) is 0 Å². The van der Waals surface area contributed by atoms with Crippen molar-refractivity contribution in [2.45, 2.75) is 39.8 Å². The quantitative estimate of drug-likeness (QED) is 0.214. The minimum atomic E-state index is 0.495. The van der Waals surface area contributed by atoms with Crippen molar-refractivity contribution in [3.8, 4) is 11.5 Å². The maximum Gasteiger partial charge on any atom is 0.130 e. The summed E-state index contributed by atoms with van der Waals surface area (Å²) >= 11 is 3.61. The van der Waals surface area contributed by atoms with Crippen molar-refractivity contribution in [2.24, 2.45) is 0 Å². The van der Waals surface area contributed by atoms with Crippen molar-refractivity contribution in [2.75, 3.05) is 0 Å². The molecule has 0 amide bonds. The van der Waals surface area contributed by atoms with Crippen LogP contribution in [-0.2, 0) is 32.8 Å². The van der Waals surface area contributed by atoms with E-state index in [-0.39, 0.29) is 0 Å². The fraction of sp³-hybridized carbons (Fsp3) is 0.188. The molecule has 4 aromatic carbocycles. The minimum Gasteiger partial charge on any atom is -0.488 e. The van der Waals surface area contributed by atoms with Gasteiger partial charge in [0.25, 0.3) is 0 Å². The van der Waals surface area contributed by atoms with E-state index in [1.54, 1.807) is 0 Å². The third kappa shape index (κ3) is 5.89. The lowest BCUT2D eigenvalue weighted by atomic mass is 10.0. The molecule has 1 aliphatic rings. The van der Waals surface area contributed by atoms with Gasteiger partial charge < -0.3 is 9.47 Å². The van der Waals surface area contributed by atoms with Gasteiger partial charge in [-0.05, 0) is 52.9 Å². The van der Waals surface area contributed by atoms with E-state index in [9.17, 15) is 0 Å². The van der Waals surface area contributed by atoms with E-state index < -0.39 is 0 Å². The van der Waals surface area contributed by atoms with Gasteiger partial charge in [0.1, 0.15) is 24.7 Å². The SMILES string of the molecule is C=C(C)c1cc(CN2Cc3ccc(Br)cc3C2)c(OCc2ccccc2)cc1OCc1ccccc1. The minimum absolute atomic E-state index is 0.495. The molecular formula is C32H30BrNO2. The number of benzene rings is 4. The zero-order valence-corrected chi connectivity index (χ0v) is 22.1. The van der Waals surface area contributed by atoms with Crippen LogP contribution in [0, 0.1) is 0 Å². The molecule has 36 heavy (non-hydrogen) atoms. The maximum atomic E-state index is 6.41. The molecule has 0 N–H and O–H groups in total. The van der Waals surface area contributed by atoms with Crippen molar-refractivity contribution < 1.29 is 9.47 Å². The molecule has 182 valence electrons. The number of hydrogen-bond acceptors (Lipinski definition) is 3. The molecule has 5 rings (SSSR count). The van der Waals surface area contributed by atoms with Crippen LogP contribution in [-0.4, -0.2) is 4.90 Å². The third-order valence-electron chi connectivity index (χ3n) is 6.45. The van der Waals surface area contributed by atoms with Gasteiger partial charge in [0, 0.05) is 41.3 Å². The van der Waals surface area contributed by atoms with Gasteiger partial charge in [-0.1, -0.05) is 89.2 Å². The summed E-state index contributed by atoms with van der Waals surface area (Å²) < 4.78 is 13.8. The largest absolute Gasteiger partial charge is 0.488 e. The summed E-state index contributed by atoms with van der Waals surface area (Å²) in [6.45, 7) is 9.90. The molecule has 0 bridgehead atoms. The first kappa shape index (κ1) is 24.4. The Kier molecular flexibility index (Phi) is 7.55. The standard InChI is InChI=1S/C32H30BrNO2/c1-23(2)30-16-28(20-34-18-26-13-14-29(33)15-27(26)19-34)31(35-21-24-9-5-3-6-10-24)17-32(30)36-22-25-11-7-4-8-12-25/h3-17H,1,18-22H2,2H3. The molecule has 4 heteroatoms. The molecule has 3 nitrogen and oxygen atoms in total. The highest BCUT2D eigenvalue weighted by atomic mass is 79.9. The zero-order valence-electron chi connectivity index (χ0n) is 20.5. The topological polar surface area (TPSA) is 21.7 Å². The lowest BCUT2D eigenvalue weighted by molar-refractivity contribution is 0.256. The van der Waals surface area contributed by atoms with E-state index in [0.29, 0.717) is 13.2 Å². The maximum absolute atomic E-state index is 6.41. The monoisotopic (exact) mass is 539 g/mol. The van der Waals surface area contributed by atoms with Crippen LogP contribution in [0.1, 0.15) is 40.3 Å². The average Bonchev–Trinajstić information content (AvgIpc) is 3.29. The Balaban J connectivity index is 1.43. The van der Waals surface area contributed by atoms with Crippen molar-refractivity contribution >= 4 is 21.5 Å². The number of rotatable bonds is 9. The Bertz CT molecular complexity index is 1350. The van der Waals surface area contributed by atoms with Crippen LogP contribution in [0.5, 0.6) is 11.5 Å². The van der Waals surface area contributed by atoms with E-state index in [1.165, 1.54) is 11.1 Å². The summed E-state index contributed by atoms with van der Waals surface area (Å²) in [5, 5.41) is 0. The van der Waals surface area contributed by atoms with Crippen molar-refractivity contribution in [3.05, 3.63) is 135 Å². The third-order valence-corrected chi connectivity index (χ3v) is 6.94. The predicted octanol–water partition coefficient (Wildman–Crippen LogP) is 8.16. The Morgan fingerprint density at radius 1 is 0.778 bits per heavy atom. The molecule has 0 fully saturated rings. The molecule has 0 aliphatic carbocycles. The molecular weight excluding hydrogens is 510 g/mol. The zero-order chi connectivity index (χ0) is 24.9.